The molecule has 0 fully saturated rings. The van der Waals surface area contributed by atoms with E-state index in [0.29, 0.717) is 23.5 Å². The van der Waals surface area contributed by atoms with Crippen LogP contribution >= 0.6 is 0 Å². The molecule has 6 rings (SSSR count). The minimum absolute atomic E-state index is 0. The van der Waals surface area contributed by atoms with Gasteiger partial charge in [-0.25, -0.2) is 25.3 Å². The molecule has 0 bridgehead atoms. The number of allylic oxidation sites excluding steroid dienone is 4. The van der Waals surface area contributed by atoms with Crippen molar-refractivity contribution in [1.82, 2.24) is 5.32 Å². The van der Waals surface area contributed by atoms with Crippen LogP contribution in [0.5, 0.6) is 0 Å². The molecule has 30 heteroatoms. The first-order valence-electron chi connectivity index (χ1n) is 17.3. The third kappa shape index (κ3) is 15.4. The van der Waals surface area contributed by atoms with Gasteiger partial charge in [-0.3, -0.25) is 25.2 Å². The van der Waals surface area contributed by atoms with Crippen LogP contribution in [0.15, 0.2) is 138 Å². The Morgan fingerprint density at radius 2 is 1.24 bits per heavy atom. The molecule has 0 aromatic heterocycles. The van der Waals surface area contributed by atoms with Crippen LogP contribution in [0.3, 0.4) is 0 Å². The van der Waals surface area contributed by atoms with E-state index in [9.17, 15) is 63.2 Å². The third-order valence-electron chi connectivity index (χ3n) is 8.51. The molecule has 0 aliphatic heterocycles. The maximum absolute atomic E-state index is 13.7. The smallest absolute Gasteiger partial charge is 0.744 e. The molecule has 2 aliphatic rings. The van der Waals surface area contributed by atoms with Crippen LogP contribution in [-0.2, 0) is 39.9 Å². The van der Waals surface area contributed by atoms with E-state index < -0.39 is 103 Å². The van der Waals surface area contributed by atoms with Crippen molar-refractivity contribution in [2.75, 3.05) is 28.4 Å². The second-order valence-electron chi connectivity index (χ2n) is 12.8. The third-order valence-corrected chi connectivity index (χ3v) is 11.1. The van der Waals surface area contributed by atoms with Gasteiger partial charge in [0.25, 0.3) is 5.91 Å². The number of nitrogen functional groups attached to an aromatic ring is 1. The van der Waals surface area contributed by atoms with Crippen LogP contribution in [0.2, 0.25) is 0 Å². The number of rotatable bonds is 14. The van der Waals surface area contributed by atoms with Gasteiger partial charge in [0.05, 0.1) is 55.5 Å². The summed E-state index contributed by atoms with van der Waals surface area (Å²) in [6, 6.07) is 15.8. The molecule has 324 valence electrons. The molecule has 0 spiro atoms. The summed E-state index contributed by atoms with van der Waals surface area (Å²) in [5.74, 6) is -3.74. The minimum Gasteiger partial charge on any atom is -0.744 e. The zero-order valence-electron chi connectivity index (χ0n) is 35.3. The number of ketones is 2. The topological polar surface area (TPSA) is 387 Å². The SMILES string of the molecule is Nc1c(N=Nc2ccc(C(=O)Nc3ccc(N/N=C4\C=CC(NCC(=O)[O-])=CC4=O)cc3)cc2)c(S(=O)(=O)[O-])cc2c1C(=O)/C(=N/Nc1ccc(S(=O)(=O)[O-])cc1)C(S(=O)(=O)[O-])=C2.[Na+].[Na+].[Na+].[Na+]. The maximum atomic E-state index is 13.7. The zero-order chi connectivity index (χ0) is 45.9. The quantitative estimate of drug-likeness (QED) is 0.0196. The van der Waals surface area contributed by atoms with Gasteiger partial charge in [0.1, 0.15) is 47.5 Å². The maximum Gasteiger partial charge on any atom is 1.00 e. The molecule has 6 N–H and O–H groups in total. The van der Waals surface area contributed by atoms with Crippen LogP contribution in [0.1, 0.15) is 26.3 Å². The number of aliphatic carboxylic acids is 1. The average Bonchev–Trinajstić information content (AvgIpc) is 3.21. The van der Waals surface area contributed by atoms with Crippen LogP contribution in [0.25, 0.3) is 6.08 Å². The van der Waals surface area contributed by atoms with E-state index in [1.54, 1.807) is 12.1 Å². The van der Waals surface area contributed by atoms with Crippen molar-refractivity contribution in [3.8, 4) is 0 Å². The second-order valence-corrected chi connectivity index (χ2v) is 16.9. The molecular weight excluding hydrogens is 983 g/mol. The number of hydrazone groups is 2. The van der Waals surface area contributed by atoms with Crippen molar-refractivity contribution >= 4 is 105 Å². The van der Waals surface area contributed by atoms with Gasteiger partial charge in [0.15, 0.2) is 0 Å². The number of carbonyl (C=O) groups is 4. The number of nitrogens with two attached hydrogens (primary N) is 1. The fraction of sp³-hybridized carbons (Fsp3) is 0.0270. The van der Waals surface area contributed by atoms with E-state index in [0.717, 1.165) is 24.3 Å². The van der Waals surface area contributed by atoms with Gasteiger partial charge < -0.3 is 39.9 Å². The molecule has 1 amide bonds. The van der Waals surface area contributed by atoms with Crippen LogP contribution in [0, 0.1) is 0 Å². The summed E-state index contributed by atoms with van der Waals surface area (Å²) < 4.78 is 107. The number of nitrogens with zero attached hydrogens (tertiary/aromatic N) is 4. The number of hydrogen-bond donors (Lipinski definition) is 5. The van der Waals surface area contributed by atoms with Crippen molar-refractivity contribution in [2.24, 2.45) is 20.4 Å². The van der Waals surface area contributed by atoms with E-state index in [-0.39, 0.29) is 147 Å². The van der Waals surface area contributed by atoms with Crippen molar-refractivity contribution in [2.45, 2.75) is 9.79 Å². The Kier molecular flexibility index (Phi) is 21.9. The summed E-state index contributed by atoms with van der Waals surface area (Å²) in [5, 5.41) is 31.2. The van der Waals surface area contributed by atoms with Crippen LogP contribution in [-0.4, -0.2) is 80.3 Å². The standard InChI is InChI=1S/C37H29N9O14S3.4Na/c38-33-32-20(16-30(63(58,59)60)35(36(32)50)46-43-24-9-12-26(13-10-24)61(52,53)54)15-29(62(55,56)57)34(33)45-42-22-3-1-19(2-4-22)37(51)40-21-5-7-23(8-6-21)41-44-27-14-11-25(17-28(27)47)39-18-31(48)49;;;;/h1-17,39,41,43H,18,38H2,(H,40,51)(H,48,49)(H,52,53,54)(H,55,56,57)(H,58,59,60);;;;/q;4*+1/p-4/b44-27+,45-42?,46-35+;;;;. The number of carboxylic acid groups (broad SMARTS) is 1. The fourth-order valence-corrected chi connectivity index (χ4v) is 7.31. The molecule has 0 saturated carbocycles. The van der Waals surface area contributed by atoms with Gasteiger partial charge in [-0.05, 0) is 103 Å². The number of benzene rings is 4. The predicted molar refractivity (Wildman–Crippen MR) is 218 cm³/mol. The molecule has 0 atom stereocenters. The van der Waals surface area contributed by atoms with Crippen LogP contribution in [0.4, 0.5) is 34.1 Å². The number of anilines is 4. The van der Waals surface area contributed by atoms with Crippen molar-refractivity contribution in [3.05, 3.63) is 124 Å². The van der Waals surface area contributed by atoms with Crippen LogP contribution < -0.4 is 151 Å². The summed E-state index contributed by atoms with van der Waals surface area (Å²) >= 11 is 0. The molecular formula is C37H25N9Na4O14S3. The summed E-state index contributed by atoms with van der Waals surface area (Å²) in [4.78, 5) is 46.5. The van der Waals surface area contributed by atoms with E-state index >= 15 is 0 Å². The molecule has 0 unspecified atom stereocenters. The summed E-state index contributed by atoms with van der Waals surface area (Å²) in [6.45, 7) is -0.481. The Morgan fingerprint density at radius 1 is 0.672 bits per heavy atom. The van der Waals surface area contributed by atoms with E-state index in [4.69, 9.17) is 5.73 Å². The number of carboxylic acids is 1. The normalized spacial score (nSPS) is 14.6. The van der Waals surface area contributed by atoms with E-state index in [1.807, 2.05) is 0 Å². The number of Topliss-reactive ketones (excluding diaryl/α,β-unsaturated/α-hetero) is 1. The van der Waals surface area contributed by atoms with Crippen molar-refractivity contribution in [3.63, 3.8) is 0 Å². The number of fused-ring (bicyclic) bond motifs is 1. The number of nitrogens with one attached hydrogen (secondary N) is 4. The first kappa shape index (κ1) is 59.4. The number of azo groups is 1. The molecule has 4 aromatic rings. The molecule has 0 heterocycles. The average molecular weight is 1010 g/mol. The molecule has 67 heavy (non-hydrogen) atoms. The van der Waals surface area contributed by atoms with Gasteiger partial charge in [0, 0.05) is 23.0 Å². The van der Waals surface area contributed by atoms with Gasteiger partial charge in [-0.2, -0.15) is 15.3 Å². The molecule has 0 saturated heterocycles. The van der Waals surface area contributed by atoms with E-state index in [1.165, 1.54) is 54.6 Å². The fourth-order valence-electron chi connectivity index (χ4n) is 5.54. The van der Waals surface area contributed by atoms with Gasteiger partial charge in [0.2, 0.25) is 11.6 Å². The number of carbonyl (C=O) groups excluding carboxylic acids is 4. The first-order valence-corrected chi connectivity index (χ1v) is 21.5. The van der Waals surface area contributed by atoms with Gasteiger partial charge in [-0.15, -0.1) is 5.11 Å². The first-order chi connectivity index (χ1) is 29.6. The summed E-state index contributed by atoms with van der Waals surface area (Å²) in [6.07, 6.45) is 4.58. The molecule has 2 aliphatic carbocycles. The Bertz CT molecular complexity index is 3150. The Balaban J connectivity index is 0.00000385. The molecule has 23 nitrogen and oxygen atoms in total. The molecule has 4 aromatic carbocycles. The Hall–Kier alpha value is -3.75. The van der Waals surface area contributed by atoms with E-state index in [2.05, 4.69) is 41.9 Å². The van der Waals surface area contributed by atoms with Crippen molar-refractivity contribution < 1.29 is 181 Å². The van der Waals surface area contributed by atoms with Gasteiger partial charge in [-0.1, -0.05) is 0 Å². The number of hydrogen-bond acceptors (Lipinski definition) is 22. The monoisotopic (exact) mass is 1010 g/mol. The minimum atomic E-state index is -5.51. The summed E-state index contributed by atoms with van der Waals surface area (Å²) in [5.41, 5.74) is 8.48. The van der Waals surface area contributed by atoms with Gasteiger partial charge >= 0.3 is 118 Å². The largest absolute Gasteiger partial charge is 1.00 e. The Morgan fingerprint density at radius 3 is 1.78 bits per heavy atom. The zero-order valence-corrected chi connectivity index (χ0v) is 45.8. The predicted octanol–water partition coefficient (Wildman–Crippen LogP) is -10.6. The second kappa shape index (κ2) is 24.7. The van der Waals surface area contributed by atoms with Crippen molar-refractivity contribution in [1.29, 1.82) is 0 Å². The number of amides is 1. The Labute approximate surface area is 469 Å². The summed E-state index contributed by atoms with van der Waals surface area (Å²) in [7, 11) is -15.8. The molecule has 0 radical (unpaired) electrons.